The van der Waals surface area contributed by atoms with Crippen LogP contribution in [0.5, 0.6) is 0 Å². The van der Waals surface area contributed by atoms with Crippen LogP contribution in [0.15, 0.2) is 0 Å². The summed E-state index contributed by atoms with van der Waals surface area (Å²) in [6.07, 6.45) is -0.337. The van der Waals surface area contributed by atoms with Gasteiger partial charge in [0.05, 0.1) is 17.9 Å². The number of aliphatic hydroxyl groups is 1. The van der Waals surface area contributed by atoms with Crippen LogP contribution < -0.4 is 5.73 Å². The van der Waals surface area contributed by atoms with Crippen LogP contribution in [0, 0.1) is 11.8 Å². The Labute approximate surface area is 97.2 Å². The van der Waals surface area contributed by atoms with Crippen molar-refractivity contribution in [2.75, 3.05) is 6.54 Å². The first-order valence-electron chi connectivity index (χ1n) is 5.42. The van der Waals surface area contributed by atoms with Crippen LogP contribution in [-0.4, -0.2) is 51.6 Å². The minimum Gasteiger partial charge on any atom is -0.481 e. The Bertz CT molecular complexity index is 383. The molecule has 17 heavy (non-hydrogen) atoms. The second-order valence-corrected chi connectivity index (χ2v) is 4.59. The largest absolute Gasteiger partial charge is 0.481 e. The molecule has 0 spiro atoms. The van der Waals surface area contributed by atoms with E-state index < -0.39 is 41.8 Å². The molecule has 4 atom stereocenters. The molecule has 1 saturated heterocycles. The highest BCUT2D eigenvalue weighted by Gasteiger charge is 2.52. The quantitative estimate of drug-likeness (QED) is 0.536. The van der Waals surface area contributed by atoms with Gasteiger partial charge in [0, 0.05) is 13.0 Å². The van der Waals surface area contributed by atoms with Crippen LogP contribution >= 0.6 is 0 Å². The molecular formula is C10H14N2O5. The molecule has 0 aromatic carbocycles. The van der Waals surface area contributed by atoms with Gasteiger partial charge in [-0.2, -0.15) is 0 Å². The molecule has 1 aliphatic heterocycles. The molecular weight excluding hydrogens is 228 g/mol. The first-order chi connectivity index (χ1) is 7.91. The maximum absolute atomic E-state index is 11.9. The molecule has 4 N–H and O–H groups in total. The molecule has 2 rings (SSSR count). The maximum Gasteiger partial charge on any atom is 0.307 e. The van der Waals surface area contributed by atoms with Gasteiger partial charge in [-0.3, -0.25) is 14.4 Å². The first-order valence-corrected chi connectivity index (χ1v) is 5.42. The summed E-state index contributed by atoms with van der Waals surface area (Å²) in [7, 11) is 0. The average molecular weight is 242 g/mol. The van der Waals surface area contributed by atoms with E-state index in [4.69, 9.17) is 10.8 Å². The number of aliphatic hydroxyl groups excluding tert-OH is 1. The van der Waals surface area contributed by atoms with Crippen molar-refractivity contribution in [3.8, 4) is 0 Å². The average Bonchev–Trinajstić information content (AvgIpc) is 2.94. The Kier molecular flexibility index (Phi) is 2.78. The van der Waals surface area contributed by atoms with E-state index in [1.54, 1.807) is 0 Å². The number of likely N-dealkylation sites (tertiary alicyclic amines) is 1. The predicted molar refractivity (Wildman–Crippen MR) is 54.6 cm³/mol. The second kappa shape index (κ2) is 3.99. The molecule has 7 heteroatoms. The lowest BCUT2D eigenvalue weighted by atomic mass is 10.2. The third-order valence-corrected chi connectivity index (χ3v) is 3.32. The van der Waals surface area contributed by atoms with Crippen LogP contribution in [0.1, 0.15) is 12.8 Å². The van der Waals surface area contributed by atoms with E-state index in [-0.39, 0.29) is 13.0 Å². The van der Waals surface area contributed by atoms with Gasteiger partial charge >= 0.3 is 5.97 Å². The number of β-amino-alcohol motifs (C(OH)–C–C–N with tert-alkyl or cyclic N) is 1. The Hall–Kier alpha value is -1.63. The first kappa shape index (κ1) is 11.8. The lowest BCUT2D eigenvalue weighted by molar-refractivity contribution is -0.143. The zero-order valence-corrected chi connectivity index (χ0v) is 9.07. The van der Waals surface area contributed by atoms with Gasteiger partial charge < -0.3 is 20.8 Å². The molecule has 1 heterocycles. The van der Waals surface area contributed by atoms with Crippen molar-refractivity contribution >= 4 is 17.8 Å². The number of nitrogens with zero attached hydrogens (tertiary/aromatic N) is 1. The minimum atomic E-state index is -1.00. The molecule has 2 aliphatic rings. The van der Waals surface area contributed by atoms with Gasteiger partial charge in [0.2, 0.25) is 11.8 Å². The molecule has 0 aromatic rings. The summed E-state index contributed by atoms with van der Waals surface area (Å²) in [6, 6.07) is -0.812. The van der Waals surface area contributed by atoms with Gasteiger partial charge in [-0.1, -0.05) is 0 Å². The number of aliphatic carboxylic acids is 1. The van der Waals surface area contributed by atoms with Crippen molar-refractivity contribution in [3.63, 3.8) is 0 Å². The minimum absolute atomic E-state index is 0.0509. The molecule has 94 valence electrons. The maximum atomic E-state index is 11.9. The number of carboxylic acid groups (broad SMARTS) is 1. The van der Waals surface area contributed by atoms with E-state index >= 15 is 0 Å². The van der Waals surface area contributed by atoms with Gasteiger partial charge in [0.15, 0.2) is 0 Å². The summed E-state index contributed by atoms with van der Waals surface area (Å²) in [4.78, 5) is 34.9. The molecule has 2 fully saturated rings. The van der Waals surface area contributed by atoms with Crippen LogP contribution in [0.3, 0.4) is 0 Å². The number of nitrogens with two attached hydrogens (primary N) is 1. The third kappa shape index (κ3) is 2.10. The Morgan fingerprint density at radius 3 is 2.29 bits per heavy atom. The number of rotatable bonds is 3. The van der Waals surface area contributed by atoms with E-state index in [0.717, 1.165) is 0 Å². The smallest absolute Gasteiger partial charge is 0.307 e. The molecule has 1 saturated carbocycles. The standard InChI is InChI=1S/C10H14N2O5/c11-8(14)7-1-4(13)3-12(7)9(15)5-2-6(5)10(16)17/h4-7,13H,1-3H2,(H2,11,14)(H,16,17)/t4?,5-,6+,7?/m1/s1. The SMILES string of the molecule is NC(=O)C1CC(O)CN1C(=O)[C@@H]1C[C@@H]1C(=O)O. The van der Waals surface area contributed by atoms with Gasteiger partial charge in [-0.15, -0.1) is 0 Å². The molecule has 0 bridgehead atoms. The fourth-order valence-corrected chi connectivity index (χ4v) is 2.28. The monoisotopic (exact) mass is 242 g/mol. The van der Waals surface area contributed by atoms with Crippen molar-refractivity contribution in [2.45, 2.75) is 25.0 Å². The van der Waals surface area contributed by atoms with Crippen molar-refractivity contribution in [1.82, 2.24) is 4.90 Å². The number of carbonyl (C=O) groups is 3. The van der Waals surface area contributed by atoms with Crippen molar-refractivity contribution in [2.24, 2.45) is 17.6 Å². The van der Waals surface area contributed by atoms with E-state index in [2.05, 4.69) is 0 Å². The fraction of sp³-hybridized carbons (Fsp3) is 0.700. The number of hydrogen-bond donors (Lipinski definition) is 3. The summed E-state index contributed by atoms with van der Waals surface area (Å²) < 4.78 is 0. The second-order valence-electron chi connectivity index (χ2n) is 4.59. The third-order valence-electron chi connectivity index (χ3n) is 3.32. The van der Waals surface area contributed by atoms with Crippen molar-refractivity contribution < 1.29 is 24.6 Å². The van der Waals surface area contributed by atoms with E-state index in [0.29, 0.717) is 6.42 Å². The number of hydrogen-bond acceptors (Lipinski definition) is 4. The van der Waals surface area contributed by atoms with Crippen LogP contribution in [-0.2, 0) is 14.4 Å². The van der Waals surface area contributed by atoms with Gasteiger partial charge in [0.1, 0.15) is 6.04 Å². The van der Waals surface area contributed by atoms with Crippen LogP contribution in [0.25, 0.3) is 0 Å². The summed E-state index contributed by atoms with van der Waals surface area (Å²) >= 11 is 0. The summed E-state index contributed by atoms with van der Waals surface area (Å²) in [5.41, 5.74) is 5.14. The highest BCUT2D eigenvalue weighted by Crippen LogP contribution is 2.41. The summed E-state index contributed by atoms with van der Waals surface area (Å²) in [5, 5.41) is 18.2. The highest BCUT2D eigenvalue weighted by molar-refractivity contribution is 5.93. The molecule has 0 aromatic heterocycles. The van der Waals surface area contributed by atoms with Crippen LogP contribution in [0.4, 0.5) is 0 Å². The van der Waals surface area contributed by atoms with Gasteiger partial charge in [-0.25, -0.2) is 0 Å². The van der Waals surface area contributed by atoms with Crippen molar-refractivity contribution in [1.29, 1.82) is 0 Å². The zero-order chi connectivity index (χ0) is 12.7. The Morgan fingerprint density at radius 2 is 1.82 bits per heavy atom. The molecule has 0 radical (unpaired) electrons. The molecule has 2 amide bonds. The van der Waals surface area contributed by atoms with Gasteiger partial charge in [0.25, 0.3) is 0 Å². The van der Waals surface area contributed by atoms with Crippen LogP contribution in [0.2, 0.25) is 0 Å². The van der Waals surface area contributed by atoms with Crippen molar-refractivity contribution in [3.05, 3.63) is 0 Å². The lowest BCUT2D eigenvalue weighted by Gasteiger charge is -2.21. The zero-order valence-electron chi connectivity index (χ0n) is 9.07. The number of primary amides is 1. The Morgan fingerprint density at radius 1 is 1.18 bits per heavy atom. The van der Waals surface area contributed by atoms with Gasteiger partial charge in [-0.05, 0) is 6.42 Å². The number of carboxylic acids is 1. The number of carbonyl (C=O) groups excluding carboxylic acids is 2. The normalized spacial score (nSPS) is 35.7. The van der Waals surface area contributed by atoms with E-state index in [1.807, 2.05) is 0 Å². The Balaban J connectivity index is 2.04. The highest BCUT2D eigenvalue weighted by atomic mass is 16.4. The van der Waals surface area contributed by atoms with E-state index in [1.165, 1.54) is 4.90 Å². The fourth-order valence-electron chi connectivity index (χ4n) is 2.28. The summed E-state index contributed by atoms with van der Waals surface area (Å²) in [5.74, 6) is -3.28. The number of amides is 2. The molecule has 7 nitrogen and oxygen atoms in total. The lowest BCUT2D eigenvalue weighted by Crippen LogP contribution is -2.44. The predicted octanol–water partition coefficient (Wildman–Crippen LogP) is -1.85. The topological polar surface area (TPSA) is 121 Å². The summed E-state index contributed by atoms with van der Waals surface area (Å²) in [6.45, 7) is 0.0509. The molecule has 2 unspecified atom stereocenters. The van der Waals surface area contributed by atoms with E-state index in [9.17, 15) is 19.5 Å². The molecule has 1 aliphatic carbocycles.